The lowest BCUT2D eigenvalue weighted by atomic mass is 9.99. The Morgan fingerprint density at radius 2 is 1.71 bits per heavy atom. The first-order valence-corrected chi connectivity index (χ1v) is 21.0. The van der Waals surface area contributed by atoms with Gasteiger partial charge in [-0.15, -0.1) is 0 Å². The van der Waals surface area contributed by atoms with Gasteiger partial charge in [-0.2, -0.15) is 4.98 Å². The van der Waals surface area contributed by atoms with Gasteiger partial charge in [-0.05, 0) is 86.7 Å². The lowest BCUT2D eigenvalue weighted by Crippen LogP contribution is -2.52. The molecule has 2 N–H and O–H groups in total. The van der Waals surface area contributed by atoms with E-state index in [4.69, 9.17) is 21.3 Å². The lowest BCUT2D eigenvalue weighted by Gasteiger charge is -2.43. The van der Waals surface area contributed by atoms with Crippen LogP contribution < -0.4 is 25.6 Å². The highest BCUT2D eigenvalue weighted by atomic mass is 35.5. The summed E-state index contributed by atoms with van der Waals surface area (Å²) >= 11 is 6.66. The zero-order valence-corrected chi connectivity index (χ0v) is 32.6. The Balaban J connectivity index is 1.12. The molecule has 2 saturated heterocycles. The molecule has 0 radical (unpaired) electrons. The number of methoxy groups -OCH3 is 1. The van der Waals surface area contributed by atoms with Crippen LogP contribution in [0, 0.1) is 0 Å². The smallest absolute Gasteiger partial charge is 0.229 e. The maximum Gasteiger partial charge on any atom is 0.229 e. The SMILES string of the molecule is CCc1cc(Nc2ncc(Cl)c(Nc3ccc(-c4ccnc5c4ccn5C)cc3P(C)(C)=O)n2)c(OC)cc1N1CCC(N2CCN(C)CC2)CC1. The number of piperidine rings is 1. The predicted molar refractivity (Wildman–Crippen MR) is 216 cm³/mol. The van der Waals surface area contributed by atoms with Crippen LogP contribution in [-0.2, 0) is 18.0 Å². The Kier molecular flexibility index (Phi) is 10.5. The Hall–Kier alpha value is -4.15. The van der Waals surface area contributed by atoms with Gasteiger partial charge in [-0.3, -0.25) is 4.90 Å². The molecule has 52 heavy (non-hydrogen) atoms. The van der Waals surface area contributed by atoms with Crippen LogP contribution in [0.5, 0.6) is 5.75 Å². The highest BCUT2D eigenvalue weighted by Gasteiger charge is 2.28. The van der Waals surface area contributed by atoms with Gasteiger partial charge in [0.05, 0.1) is 24.7 Å². The normalized spacial score (nSPS) is 16.4. The summed E-state index contributed by atoms with van der Waals surface area (Å²) in [5, 5.41) is 8.85. The van der Waals surface area contributed by atoms with Gasteiger partial charge in [0.1, 0.15) is 23.6 Å². The molecule has 0 aliphatic carbocycles. The highest BCUT2D eigenvalue weighted by Crippen LogP contribution is 2.42. The van der Waals surface area contributed by atoms with Crippen LogP contribution in [0.3, 0.4) is 0 Å². The van der Waals surface area contributed by atoms with E-state index in [1.807, 2.05) is 42.1 Å². The first kappa shape index (κ1) is 36.2. The van der Waals surface area contributed by atoms with E-state index in [1.54, 1.807) is 32.8 Å². The second kappa shape index (κ2) is 15.1. The number of likely N-dealkylation sites (N-methyl/N-ethyl adjacent to an activating group) is 1. The monoisotopic (exact) mass is 741 g/mol. The van der Waals surface area contributed by atoms with Crippen LogP contribution in [0.15, 0.2) is 61.1 Å². The van der Waals surface area contributed by atoms with E-state index >= 15 is 0 Å². The largest absolute Gasteiger partial charge is 0.494 e. The summed E-state index contributed by atoms with van der Waals surface area (Å²) in [7, 11) is 3.15. The number of nitrogens with zero attached hydrogens (tertiary/aromatic N) is 7. The summed E-state index contributed by atoms with van der Waals surface area (Å²) in [6.07, 6.45) is 8.58. The molecule has 0 saturated carbocycles. The van der Waals surface area contributed by atoms with Crippen molar-refractivity contribution in [2.45, 2.75) is 32.2 Å². The van der Waals surface area contributed by atoms with Crippen molar-refractivity contribution < 1.29 is 9.30 Å². The van der Waals surface area contributed by atoms with Crippen LogP contribution in [0.4, 0.5) is 28.8 Å². The number of pyridine rings is 1. The quantitative estimate of drug-likeness (QED) is 0.143. The molecule has 274 valence electrons. The van der Waals surface area contributed by atoms with Crippen molar-refractivity contribution in [1.82, 2.24) is 29.3 Å². The van der Waals surface area contributed by atoms with Gasteiger partial charge in [0.2, 0.25) is 5.95 Å². The van der Waals surface area contributed by atoms with E-state index in [1.165, 1.54) is 24.1 Å². The minimum Gasteiger partial charge on any atom is -0.494 e. The number of aryl methyl sites for hydroxylation is 2. The second-order valence-electron chi connectivity index (χ2n) is 14.3. The molecule has 2 fully saturated rings. The van der Waals surface area contributed by atoms with Gasteiger partial charge < -0.3 is 34.3 Å². The molecule has 0 bridgehead atoms. The third-order valence-electron chi connectivity index (χ3n) is 10.5. The van der Waals surface area contributed by atoms with Gasteiger partial charge in [0.15, 0.2) is 5.82 Å². The van der Waals surface area contributed by atoms with E-state index in [2.05, 4.69) is 67.5 Å². The first-order chi connectivity index (χ1) is 25.0. The third-order valence-corrected chi connectivity index (χ3v) is 12.3. The minimum atomic E-state index is -2.74. The van der Waals surface area contributed by atoms with Crippen LogP contribution in [-0.4, -0.2) is 102 Å². The summed E-state index contributed by atoms with van der Waals surface area (Å²) in [6, 6.07) is 14.9. The lowest BCUT2D eigenvalue weighted by molar-refractivity contribution is 0.0982. The number of fused-ring (bicyclic) bond motifs is 1. The van der Waals surface area contributed by atoms with Crippen LogP contribution in [0.2, 0.25) is 5.02 Å². The van der Waals surface area contributed by atoms with Crippen LogP contribution >= 0.6 is 18.7 Å². The predicted octanol–water partition coefficient (Wildman–Crippen LogP) is 7.21. The molecule has 11 nitrogen and oxygen atoms in total. The van der Waals surface area contributed by atoms with Crippen molar-refractivity contribution in [1.29, 1.82) is 0 Å². The number of piperazine rings is 1. The molecule has 7 rings (SSSR count). The summed E-state index contributed by atoms with van der Waals surface area (Å²) in [5.41, 5.74) is 6.80. The number of anilines is 5. The maximum absolute atomic E-state index is 13.7. The van der Waals surface area contributed by atoms with Gasteiger partial charge in [-0.25, -0.2) is 9.97 Å². The summed E-state index contributed by atoms with van der Waals surface area (Å²) in [4.78, 5) is 21.4. The summed E-state index contributed by atoms with van der Waals surface area (Å²) < 4.78 is 21.6. The highest BCUT2D eigenvalue weighted by molar-refractivity contribution is 7.70. The number of rotatable bonds is 10. The molecule has 3 aromatic heterocycles. The summed E-state index contributed by atoms with van der Waals surface area (Å²) in [6.45, 7) is 12.4. The third kappa shape index (κ3) is 7.51. The number of halogens is 1. The number of aromatic nitrogens is 4. The average Bonchev–Trinajstić information content (AvgIpc) is 3.53. The number of ether oxygens (including phenoxy) is 1. The number of hydrogen-bond donors (Lipinski definition) is 2. The van der Waals surface area contributed by atoms with Crippen molar-refractivity contribution >= 4 is 63.9 Å². The van der Waals surface area contributed by atoms with Gasteiger partial charge >= 0.3 is 0 Å². The molecule has 5 heterocycles. The van der Waals surface area contributed by atoms with Crippen molar-refractivity contribution in [3.63, 3.8) is 0 Å². The molecule has 2 aliphatic heterocycles. The van der Waals surface area contributed by atoms with Crippen molar-refractivity contribution in [2.24, 2.45) is 7.05 Å². The Morgan fingerprint density at radius 3 is 2.42 bits per heavy atom. The van der Waals surface area contributed by atoms with Gasteiger partial charge in [-0.1, -0.05) is 24.6 Å². The molecule has 0 atom stereocenters. The van der Waals surface area contributed by atoms with Gasteiger partial charge in [0, 0.05) is 87.2 Å². The Labute approximate surface area is 311 Å². The minimum absolute atomic E-state index is 0.347. The molecular weight excluding hydrogens is 693 g/mol. The molecule has 13 heteroatoms. The standard InChI is InChI=1S/C39H49ClN9O2P/c1-7-26-22-33(35(51-4)24-34(26)49-16-11-28(12-17-49)48-20-18-46(2)19-21-48)44-39-42-25-31(40)37(45-39)43-32-9-8-27(23-36(32)52(5,6)50)29-10-14-41-38-30(29)13-15-47(38)3/h8-10,13-15,22-25,28H,7,11-12,16-21H2,1-6H3,(H2,42,43,44,45). The zero-order valence-electron chi connectivity index (χ0n) is 31.0. The van der Waals surface area contributed by atoms with E-state index in [0.29, 0.717) is 33.8 Å². The van der Waals surface area contributed by atoms with E-state index in [9.17, 15) is 4.57 Å². The Morgan fingerprint density at radius 1 is 0.942 bits per heavy atom. The van der Waals surface area contributed by atoms with E-state index in [-0.39, 0.29) is 0 Å². The topological polar surface area (TPSA) is 104 Å². The summed E-state index contributed by atoms with van der Waals surface area (Å²) in [5.74, 6) is 1.50. The first-order valence-electron chi connectivity index (χ1n) is 18.1. The fourth-order valence-electron chi connectivity index (χ4n) is 7.55. The molecule has 0 amide bonds. The Bertz CT molecular complexity index is 2120. The fourth-order valence-corrected chi connectivity index (χ4v) is 8.85. The molecule has 2 aromatic carbocycles. The maximum atomic E-state index is 13.7. The van der Waals surface area contributed by atoms with Gasteiger partial charge in [0.25, 0.3) is 0 Å². The van der Waals surface area contributed by atoms with Crippen LogP contribution in [0.25, 0.3) is 22.2 Å². The van der Waals surface area contributed by atoms with E-state index in [0.717, 1.165) is 79.3 Å². The number of nitrogens with one attached hydrogen (secondary N) is 2. The van der Waals surface area contributed by atoms with E-state index < -0.39 is 7.14 Å². The molecule has 0 unspecified atom stereocenters. The zero-order chi connectivity index (χ0) is 36.6. The number of hydrogen-bond acceptors (Lipinski definition) is 10. The average molecular weight is 742 g/mol. The van der Waals surface area contributed by atoms with Crippen LogP contribution in [0.1, 0.15) is 25.3 Å². The molecule has 2 aliphatic rings. The van der Waals surface area contributed by atoms with Crippen molar-refractivity contribution in [3.05, 3.63) is 71.6 Å². The second-order valence-corrected chi connectivity index (χ2v) is 17.9. The molecule has 5 aromatic rings. The van der Waals surface area contributed by atoms with Crippen molar-refractivity contribution in [2.75, 3.05) is 82.3 Å². The molecular formula is C39H49ClN9O2P. The fraction of sp³-hybridized carbons (Fsp3) is 0.410. The molecule has 0 spiro atoms. The number of benzene rings is 2. The van der Waals surface area contributed by atoms with Crippen molar-refractivity contribution in [3.8, 4) is 16.9 Å².